The number of aliphatic hydroxyl groups excluding tert-OH is 3. The summed E-state index contributed by atoms with van der Waals surface area (Å²) in [5, 5.41) is 50.5. The van der Waals surface area contributed by atoms with Gasteiger partial charge in [-0.2, -0.15) is 0 Å². The highest BCUT2D eigenvalue weighted by atomic mass is 35.5. The summed E-state index contributed by atoms with van der Waals surface area (Å²) in [5.41, 5.74) is -2.11. The summed E-state index contributed by atoms with van der Waals surface area (Å²) < 4.78 is 26.6. The Morgan fingerprint density at radius 3 is 2.62 bits per heavy atom. The van der Waals surface area contributed by atoms with Crippen molar-refractivity contribution in [2.75, 3.05) is 33.4 Å². The molecular formula is C24H31Cl2FN4O7S. The van der Waals surface area contributed by atoms with E-state index in [1.165, 1.54) is 21.8 Å². The van der Waals surface area contributed by atoms with Crippen molar-refractivity contribution in [3.05, 3.63) is 34.2 Å². The van der Waals surface area contributed by atoms with Gasteiger partial charge in [-0.1, -0.05) is 28.4 Å². The molecule has 0 spiro atoms. The molecule has 11 nitrogen and oxygen atoms in total. The first-order chi connectivity index (χ1) is 18.5. The van der Waals surface area contributed by atoms with E-state index in [1.807, 2.05) is 0 Å². The maximum Gasteiger partial charge on any atom is 0.238 e. The molecule has 1 amide bonds. The average molecular weight is 610 g/mol. The van der Waals surface area contributed by atoms with Gasteiger partial charge in [-0.3, -0.25) is 4.79 Å². The first-order valence-electron chi connectivity index (χ1n) is 12.4. The summed E-state index contributed by atoms with van der Waals surface area (Å²) in [7, 11) is 1.61. The lowest BCUT2D eigenvalue weighted by Gasteiger charge is -2.45. The minimum atomic E-state index is -1.45. The molecule has 2 aromatic rings. The summed E-state index contributed by atoms with van der Waals surface area (Å²) >= 11 is 12.7. The Hall–Kier alpha value is -1.55. The van der Waals surface area contributed by atoms with Crippen LogP contribution < -0.4 is 0 Å². The highest BCUT2D eigenvalue weighted by Gasteiger charge is 2.51. The minimum Gasteiger partial charge on any atom is -0.394 e. The number of nitrogens with zero attached hydrogens (tertiary/aromatic N) is 4. The van der Waals surface area contributed by atoms with Gasteiger partial charge in [0.1, 0.15) is 46.6 Å². The Kier molecular flexibility index (Phi) is 9.77. The molecule has 15 heteroatoms. The summed E-state index contributed by atoms with van der Waals surface area (Å²) in [4.78, 5) is 14.8. The number of halogens is 3. The molecule has 4 rings (SSSR count). The molecule has 0 bridgehead atoms. The van der Waals surface area contributed by atoms with Crippen LogP contribution in [-0.4, -0.2) is 114 Å². The largest absolute Gasteiger partial charge is 0.394 e. The minimum absolute atomic E-state index is 0.0250. The molecule has 4 N–H and O–H groups in total. The number of hydrogen-bond acceptors (Lipinski definition) is 10. The van der Waals surface area contributed by atoms with E-state index in [0.29, 0.717) is 6.54 Å². The number of aliphatic hydroxyl groups is 4. The van der Waals surface area contributed by atoms with Crippen LogP contribution >= 0.6 is 35.0 Å². The molecule has 0 aliphatic carbocycles. The SMILES string of the molecule is CCN(C)C(=O)[C@@H](S[C@@H]1O[C@H](CO)[C@H](O)[C@H](n2cc(-c3cc(F)c(Cl)c(Cl)c3)nn2)[C@H]1O)C1(O)CCOCC1. The van der Waals surface area contributed by atoms with Gasteiger partial charge in [-0.05, 0) is 19.1 Å². The predicted octanol–water partition coefficient (Wildman–Crippen LogP) is 1.49. The number of amides is 1. The Balaban J connectivity index is 1.65. The third kappa shape index (κ3) is 6.21. The molecule has 2 saturated heterocycles. The fourth-order valence-corrected chi connectivity index (χ4v) is 6.54. The average Bonchev–Trinajstić information content (AvgIpc) is 3.40. The quantitative estimate of drug-likeness (QED) is 0.324. The molecule has 3 heterocycles. The van der Waals surface area contributed by atoms with Crippen molar-refractivity contribution >= 4 is 40.9 Å². The molecule has 0 unspecified atom stereocenters. The van der Waals surface area contributed by atoms with Crippen molar-refractivity contribution in [2.24, 2.45) is 0 Å². The fourth-order valence-electron chi connectivity index (χ4n) is 4.64. The normalized spacial score (nSPS) is 27.8. The van der Waals surface area contributed by atoms with Gasteiger partial charge in [0, 0.05) is 45.2 Å². The maximum atomic E-state index is 14.2. The number of rotatable bonds is 8. The molecule has 2 fully saturated rings. The summed E-state index contributed by atoms with van der Waals surface area (Å²) in [5.74, 6) is -1.11. The lowest BCUT2D eigenvalue weighted by atomic mass is 9.89. The van der Waals surface area contributed by atoms with Crippen molar-refractivity contribution < 1.29 is 39.1 Å². The van der Waals surface area contributed by atoms with Gasteiger partial charge in [0.05, 0.1) is 28.5 Å². The van der Waals surface area contributed by atoms with Gasteiger partial charge in [0.15, 0.2) is 0 Å². The van der Waals surface area contributed by atoms with Crippen LogP contribution in [0.4, 0.5) is 4.39 Å². The van der Waals surface area contributed by atoms with Crippen LogP contribution in [0.5, 0.6) is 0 Å². The number of benzene rings is 1. The number of hydrogen-bond donors (Lipinski definition) is 4. The van der Waals surface area contributed by atoms with Crippen LogP contribution in [0.25, 0.3) is 11.3 Å². The van der Waals surface area contributed by atoms with Crippen LogP contribution in [0.2, 0.25) is 10.0 Å². The smallest absolute Gasteiger partial charge is 0.238 e. The molecule has 0 radical (unpaired) electrons. The van der Waals surface area contributed by atoms with Gasteiger partial charge in [-0.15, -0.1) is 16.9 Å². The van der Waals surface area contributed by atoms with Gasteiger partial charge in [0.25, 0.3) is 0 Å². The summed E-state index contributed by atoms with van der Waals surface area (Å²) in [6.07, 6.45) is -2.20. The van der Waals surface area contributed by atoms with E-state index in [0.717, 1.165) is 17.8 Å². The van der Waals surface area contributed by atoms with Crippen LogP contribution in [0.1, 0.15) is 25.8 Å². The van der Waals surface area contributed by atoms with Gasteiger partial charge in [-0.25, -0.2) is 9.07 Å². The van der Waals surface area contributed by atoms with Crippen molar-refractivity contribution in [3.8, 4) is 11.3 Å². The fraction of sp³-hybridized carbons (Fsp3) is 0.625. The maximum absolute atomic E-state index is 14.2. The summed E-state index contributed by atoms with van der Waals surface area (Å²) in [6, 6.07) is 1.37. The zero-order chi connectivity index (χ0) is 28.5. The molecule has 0 saturated carbocycles. The molecule has 2 aliphatic heterocycles. The first kappa shape index (κ1) is 30.4. The van der Waals surface area contributed by atoms with Gasteiger partial charge < -0.3 is 34.8 Å². The zero-order valence-corrected chi connectivity index (χ0v) is 23.6. The highest BCUT2D eigenvalue weighted by Crippen LogP contribution is 2.42. The monoisotopic (exact) mass is 608 g/mol. The van der Waals surface area contributed by atoms with Gasteiger partial charge >= 0.3 is 0 Å². The molecule has 1 aromatic heterocycles. The van der Waals surface area contributed by atoms with Crippen molar-refractivity contribution in [1.82, 2.24) is 19.9 Å². The Labute approximate surface area is 238 Å². The standard InChI is InChI=1S/C24H31Cl2FN4O7S/c1-3-30(2)22(35)21(24(36)4-6-37-7-5-24)39-23-20(34)18(19(33)16(11-32)38-23)31-10-15(28-29-31)12-8-13(25)17(26)14(27)9-12/h8-10,16,18-21,23,32-34,36H,3-7,11H2,1-2H3/t16-,18+,19+,20-,21-,23+/m1/s1. The number of thioether (sulfide) groups is 1. The molecule has 216 valence electrons. The van der Waals surface area contributed by atoms with Crippen LogP contribution in [0.15, 0.2) is 18.3 Å². The van der Waals surface area contributed by atoms with Crippen LogP contribution in [0.3, 0.4) is 0 Å². The van der Waals surface area contributed by atoms with E-state index in [9.17, 15) is 29.6 Å². The third-order valence-electron chi connectivity index (χ3n) is 7.14. The lowest BCUT2D eigenvalue weighted by molar-refractivity contribution is -0.179. The second-order valence-electron chi connectivity index (χ2n) is 9.62. The van der Waals surface area contributed by atoms with Gasteiger partial charge in [0.2, 0.25) is 5.91 Å². The molecule has 6 atom stereocenters. The predicted molar refractivity (Wildman–Crippen MR) is 142 cm³/mol. The molecule has 2 aliphatic rings. The van der Waals surface area contributed by atoms with Crippen LogP contribution in [-0.2, 0) is 14.3 Å². The van der Waals surface area contributed by atoms with Crippen molar-refractivity contribution in [1.29, 1.82) is 0 Å². The van der Waals surface area contributed by atoms with E-state index >= 15 is 0 Å². The number of carbonyl (C=O) groups is 1. The Bertz CT molecular complexity index is 1150. The van der Waals surface area contributed by atoms with E-state index in [-0.39, 0.29) is 53.3 Å². The third-order valence-corrected chi connectivity index (χ3v) is 9.49. The number of ether oxygens (including phenoxy) is 2. The van der Waals surface area contributed by atoms with Crippen molar-refractivity contribution in [2.45, 2.75) is 60.4 Å². The zero-order valence-electron chi connectivity index (χ0n) is 21.3. The molecule has 39 heavy (non-hydrogen) atoms. The first-order valence-corrected chi connectivity index (χ1v) is 14.1. The topological polar surface area (TPSA) is 150 Å². The number of carbonyl (C=O) groups excluding carboxylic acids is 1. The van der Waals surface area contributed by atoms with E-state index < -0.39 is 53.1 Å². The van der Waals surface area contributed by atoms with E-state index in [1.54, 1.807) is 14.0 Å². The molecule has 1 aromatic carbocycles. The number of aromatic nitrogens is 3. The molecular weight excluding hydrogens is 578 g/mol. The Morgan fingerprint density at radius 1 is 1.31 bits per heavy atom. The van der Waals surface area contributed by atoms with E-state index in [4.69, 9.17) is 32.7 Å². The van der Waals surface area contributed by atoms with Crippen molar-refractivity contribution in [3.63, 3.8) is 0 Å². The second-order valence-corrected chi connectivity index (χ2v) is 11.6. The highest BCUT2D eigenvalue weighted by molar-refractivity contribution is 8.01. The van der Waals surface area contributed by atoms with Crippen LogP contribution in [0, 0.1) is 5.82 Å². The summed E-state index contributed by atoms with van der Waals surface area (Å²) in [6.45, 7) is 2.14. The second kappa shape index (κ2) is 12.5. The lowest BCUT2D eigenvalue weighted by Crippen LogP contribution is -2.58. The Morgan fingerprint density at radius 2 is 2.00 bits per heavy atom. The van der Waals surface area contributed by atoms with E-state index in [2.05, 4.69) is 10.3 Å².